The largest absolute Gasteiger partial charge is 0.495 e. The lowest BCUT2D eigenvalue weighted by Crippen LogP contribution is -2.22. The average molecular weight is 383 g/mol. The molecule has 0 unspecified atom stereocenters. The van der Waals surface area contributed by atoms with Gasteiger partial charge in [0.25, 0.3) is 10.0 Å². The van der Waals surface area contributed by atoms with E-state index in [2.05, 4.69) is 23.5 Å². The first-order chi connectivity index (χ1) is 11.8. The summed E-state index contributed by atoms with van der Waals surface area (Å²) in [6.45, 7) is 7.82. The molecule has 0 aliphatic rings. The zero-order valence-electron chi connectivity index (χ0n) is 14.8. The van der Waals surface area contributed by atoms with E-state index in [4.69, 9.17) is 16.3 Å². The maximum absolute atomic E-state index is 12.8. The van der Waals surface area contributed by atoms with Gasteiger partial charge in [0, 0.05) is 23.8 Å². The minimum atomic E-state index is -3.82. The number of anilines is 2. The van der Waals surface area contributed by atoms with Gasteiger partial charge in [0.2, 0.25) is 0 Å². The van der Waals surface area contributed by atoms with Gasteiger partial charge in [-0.25, -0.2) is 8.42 Å². The van der Waals surface area contributed by atoms with E-state index in [9.17, 15) is 8.42 Å². The molecule has 2 aromatic carbocycles. The van der Waals surface area contributed by atoms with E-state index in [0.717, 1.165) is 24.3 Å². The van der Waals surface area contributed by atoms with Crippen molar-refractivity contribution in [3.05, 3.63) is 47.0 Å². The molecule has 5 nitrogen and oxygen atoms in total. The molecule has 136 valence electrons. The van der Waals surface area contributed by atoms with Crippen molar-refractivity contribution in [2.24, 2.45) is 0 Å². The molecule has 0 aromatic heterocycles. The van der Waals surface area contributed by atoms with Gasteiger partial charge < -0.3 is 9.64 Å². The van der Waals surface area contributed by atoms with Crippen LogP contribution in [-0.4, -0.2) is 28.6 Å². The standard InChI is InChI=1S/C18H23ClN2O3S/c1-5-21(6-2)15-8-9-16(13(3)11-15)20-25(22,23)18-12-14(19)7-10-17(18)24-4/h7-12,20H,5-6H2,1-4H3. The number of nitrogens with one attached hydrogen (secondary N) is 1. The molecule has 2 rings (SSSR count). The first kappa shape index (κ1) is 19.4. The van der Waals surface area contributed by atoms with Gasteiger partial charge in [0.05, 0.1) is 12.8 Å². The van der Waals surface area contributed by atoms with Crippen molar-refractivity contribution < 1.29 is 13.2 Å². The molecular formula is C18H23ClN2O3S. The normalized spacial score (nSPS) is 11.2. The molecule has 7 heteroatoms. The SMILES string of the molecule is CCN(CC)c1ccc(NS(=O)(=O)c2cc(Cl)ccc2OC)c(C)c1. The van der Waals surface area contributed by atoms with Crippen LogP contribution in [0.4, 0.5) is 11.4 Å². The number of ether oxygens (including phenoxy) is 1. The van der Waals surface area contributed by atoms with Crippen LogP contribution in [0.15, 0.2) is 41.3 Å². The minimum Gasteiger partial charge on any atom is -0.495 e. The molecule has 0 amide bonds. The molecule has 0 atom stereocenters. The topological polar surface area (TPSA) is 58.6 Å². The number of methoxy groups -OCH3 is 1. The van der Waals surface area contributed by atoms with E-state index in [1.807, 2.05) is 19.1 Å². The van der Waals surface area contributed by atoms with Crippen molar-refractivity contribution in [2.45, 2.75) is 25.7 Å². The molecule has 25 heavy (non-hydrogen) atoms. The predicted molar refractivity (Wildman–Crippen MR) is 104 cm³/mol. The molecule has 2 aromatic rings. The summed E-state index contributed by atoms with van der Waals surface area (Å²) in [4.78, 5) is 2.21. The highest BCUT2D eigenvalue weighted by molar-refractivity contribution is 7.92. The Bertz CT molecular complexity index is 849. The monoisotopic (exact) mass is 382 g/mol. The fraction of sp³-hybridized carbons (Fsp3) is 0.333. The number of hydrogen-bond acceptors (Lipinski definition) is 4. The number of sulfonamides is 1. The molecule has 0 saturated heterocycles. The van der Waals surface area contributed by atoms with E-state index in [-0.39, 0.29) is 10.6 Å². The number of nitrogens with zero attached hydrogens (tertiary/aromatic N) is 1. The third-order valence-corrected chi connectivity index (χ3v) is 5.62. The first-order valence-corrected chi connectivity index (χ1v) is 9.90. The summed E-state index contributed by atoms with van der Waals surface area (Å²) in [5, 5.41) is 0.328. The van der Waals surface area contributed by atoms with E-state index in [1.54, 1.807) is 12.1 Å². The van der Waals surface area contributed by atoms with E-state index in [1.165, 1.54) is 19.2 Å². The zero-order chi connectivity index (χ0) is 18.6. The van der Waals surface area contributed by atoms with E-state index < -0.39 is 10.0 Å². The third kappa shape index (κ3) is 4.38. The van der Waals surface area contributed by atoms with Gasteiger partial charge in [0.1, 0.15) is 10.6 Å². The molecule has 1 N–H and O–H groups in total. The van der Waals surface area contributed by atoms with Crippen molar-refractivity contribution in [1.82, 2.24) is 0 Å². The maximum Gasteiger partial charge on any atom is 0.265 e. The Balaban J connectivity index is 2.37. The quantitative estimate of drug-likeness (QED) is 0.775. The number of halogens is 1. The molecule has 0 fully saturated rings. The molecule has 0 aliphatic carbocycles. The number of rotatable bonds is 7. The van der Waals surface area contributed by atoms with Gasteiger partial charge in [-0.3, -0.25) is 4.72 Å². The summed E-state index contributed by atoms with van der Waals surface area (Å²) in [6.07, 6.45) is 0. The molecule has 0 bridgehead atoms. The van der Waals surface area contributed by atoms with Gasteiger partial charge in [-0.15, -0.1) is 0 Å². The molecule has 0 heterocycles. The number of hydrogen-bond donors (Lipinski definition) is 1. The zero-order valence-corrected chi connectivity index (χ0v) is 16.4. The second kappa shape index (κ2) is 7.97. The average Bonchev–Trinajstić information content (AvgIpc) is 2.58. The van der Waals surface area contributed by atoms with Crippen LogP contribution >= 0.6 is 11.6 Å². The van der Waals surface area contributed by atoms with Crippen LogP contribution in [0.25, 0.3) is 0 Å². The van der Waals surface area contributed by atoms with Crippen LogP contribution in [0.5, 0.6) is 5.75 Å². The summed E-state index contributed by atoms with van der Waals surface area (Å²) in [6, 6.07) is 10.2. The van der Waals surface area contributed by atoms with Crippen LogP contribution in [0.3, 0.4) is 0 Å². The van der Waals surface area contributed by atoms with Crippen molar-refractivity contribution in [2.75, 3.05) is 29.8 Å². The highest BCUT2D eigenvalue weighted by atomic mass is 35.5. The molecule has 0 radical (unpaired) electrons. The Morgan fingerprint density at radius 3 is 2.36 bits per heavy atom. The van der Waals surface area contributed by atoms with E-state index in [0.29, 0.717) is 10.7 Å². The summed E-state index contributed by atoms with van der Waals surface area (Å²) in [7, 11) is -2.40. The smallest absolute Gasteiger partial charge is 0.265 e. The maximum atomic E-state index is 12.8. The number of benzene rings is 2. The Morgan fingerprint density at radius 1 is 1.12 bits per heavy atom. The van der Waals surface area contributed by atoms with Crippen LogP contribution < -0.4 is 14.4 Å². The highest BCUT2D eigenvalue weighted by Crippen LogP contribution is 2.30. The second-order valence-corrected chi connectivity index (χ2v) is 7.66. The van der Waals surface area contributed by atoms with Gasteiger partial charge >= 0.3 is 0 Å². The molecule has 0 saturated carbocycles. The number of aryl methyl sites for hydroxylation is 1. The molecule has 0 aliphatic heterocycles. The van der Waals surface area contributed by atoms with Crippen molar-refractivity contribution in [3.8, 4) is 5.75 Å². The summed E-state index contributed by atoms with van der Waals surface area (Å²) in [5.74, 6) is 0.245. The van der Waals surface area contributed by atoms with Crippen LogP contribution in [0.1, 0.15) is 19.4 Å². The lowest BCUT2D eigenvalue weighted by Gasteiger charge is -2.22. The van der Waals surface area contributed by atoms with Gasteiger partial charge in [-0.05, 0) is 62.7 Å². The van der Waals surface area contributed by atoms with E-state index >= 15 is 0 Å². The van der Waals surface area contributed by atoms with Gasteiger partial charge in [-0.1, -0.05) is 11.6 Å². The van der Waals surface area contributed by atoms with Crippen LogP contribution in [0, 0.1) is 6.92 Å². The van der Waals surface area contributed by atoms with Crippen molar-refractivity contribution >= 4 is 33.0 Å². The predicted octanol–water partition coefficient (Wildman–Crippen LogP) is 4.30. The van der Waals surface area contributed by atoms with Crippen LogP contribution in [-0.2, 0) is 10.0 Å². The third-order valence-electron chi connectivity index (χ3n) is 4.00. The Kier molecular flexibility index (Phi) is 6.19. The lowest BCUT2D eigenvalue weighted by molar-refractivity contribution is 0.403. The Hall–Kier alpha value is -1.92. The summed E-state index contributed by atoms with van der Waals surface area (Å²) in [5.41, 5.74) is 2.43. The summed E-state index contributed by atoms with van der Waals surface area (Å²) < 4.78 is 33.3. The Morgan fingerprint density at radius 2 is 1.80 bits per heavy atom. The molecular weight excluding hydrogens is 360 g/mol. The van der Waals surface area contributed by atoms with Gasteiger partial charge in [-0.2, -0.15) is 0 Å². The fourth-order valence-corrected chi connectivity index (χ4v) is 4.17. The minimum absolute atomic E-state index is 0.00900. The van der Waals surface area contributed by atoms with Crippen molar-refractivity contribution in [3.63, 3.8) is 0 Å². The fourth-order valence-electron chi connectivity index (χ4n) is 2.61. The molecule has 0 spiro atoms. The van der Waals surface area contributed by atoms with Gasteiger partial charge in [0.15, 0.2) is 0 Å². The van der Waals surface area contributed by atoms with Crippen molar-refractivity contribution in [1.29, 1.82) is 0 Å². The summed E-state index contributed by atoms with van der Waals surface area (Å²) >= 11 is 5.95. The first-order valence-electron chi connectivity index (χ1n) is 8.04. The second-order valence-electron chi connectivity index (χ2n) is 5.57. The highest BCUT2D eigenvalue weighted by Gasteiger charge is 2.21. The Labute approximate surface area is 154 Å². The lowest BCUT2D eigenvalue weighted by atomic mass is 10.1. The van der Waals surface area contributed by atoms with Crippen LogP contribution in [0.2, 0.25) is 5.02 Å².